The zero-order chi connectivity index (χ0) is 21.8. The third kappa shape index (κ3) is 4.80. The molecule has 0 saturated heterocycles. The predicted molar refractivity (Wildman–Crippen MR) is 116 cm³/mol. The molecule has 31 heavy (non-hydrogen) atoms. The fraction of sp³-hybridized carbons (Fsp3) is 0.227. The van der Waals surface area contributed by atoms with E-state index in [1.54, 1.807) is 41.3 Å². The molecule has 1 N–H and O–H groups in total. The summed E-state index contributed by atoms with van der Waals surface area (Å²) in [5.41, 5.74) is 2.76. The predicted octanol–water partition coefficient (Wildman–Crippen LogP) is 4.53. The van der Waals surface area contributed by atoms with E-state index in [-0.39, 0.29) is 18.3 Å². The highest BCUT2D eigenvalue weighted by Crippen LogP contribution is 2.24. The zero-order valence-electron chi connectivity index (χ0n) is 17.2. The second-order valence-electron chi connectivity index (χ2n) is 6.94. The highest BCUT2D eigenvalue weighted by molar-refractivity contribution is 6.32. The van der Waals surface area contributed by atoms with Gasteiger partial charge in [-0.3, -0.25) is 14.2 Å². The van der Waals surface area contributed by atoms with E-state index < -0.39 is 0 Å². The Kier molecular flexibility index (Phi) is 6.08. The number of amides is 1. The Morgan fingerprint density at radius 3 is 2.81 bits per heavy atom. The summed E-state index contributed by atoms with van der Waals surface area (Å²) in [6.07, 6.45) is 5.21. The number of para-hydroxylation sites is 1. The fourth-order valence-corrected chi connectivity index (χ4v) is 3.32. The number of aromatic nitrogens is 4. The molecule has 1 amide bonds. The first kappa shape index (κ1) is 20.7. The van der Waals surface area contributed by atoms with Gasteiger partial charge in [0.05, 0.1) is 29.6 Å². The van der Waals surface area contributed by atoms with Crippen molar-refractivity contribution in [3.8, 4) is 5.75 Å². The molecule has 0 aliphatic carbocycles. The van der Waals surface area contributed by atoms with Crippen LogP contribution >= 0.6 is 11.6 Å². The molecule has 0 radical (unpaired) electrons. The van der Waals surface area contributed by atoms with Gasteiger partial charge in [0.25, 0.3) is 5.91 Å². The molecular formula is C22H22ClN5O3. The molecule has 9 heteroatoms. The topological polar surface area (TPSA) is 87.1 Å². The van der Waals surface area contributed by atoms with Crippen molar-refractivity contribution in [1.82, 2.24) is 19.6 Å². The Labute approximate surface area is 184 Å². The number of carbonyl (C=O) groups is 1. The normalized spacial score (nSPS) is 10.9. The van der Waals surface area contributed by atoms with Gasteiger partial charge in [0.15, 0.2) is 5.76 Å². The molecule has 0 bridgehead atoms. The molecule has 3 heterocycles. The molecule has 0 unspecified atom stereocenters. The smallest absolute Gasteiger partial charge is 0.291 e. The highest BCUT2D eigenvalue weighted by atomic mass is 35.5. The Bertz CT molecular complexity index is 1190. The average molecular weight is 440 g/mol. The Morgan fingerprint density at radius 1 is 1.19 bits per heavy atom. The molecule has 0 saturated carbocycles. The molecule has 0 atom stereocenters. The van der Waals surface area contributed by atoms with E-state index in [9.17, 15) is 4.79 Å². The number of hydrogen-bond acceptors (Lipinski definition) is 5. The molecule has 8 nitrogen and oxygen atoms in total. The van der Waals surface area contributed by atoms with Gasteiger partial charge in [0, 0.05) is 24.0 Å². The van der Waals surface area contributed by atoms with E-state index in [4.69, 9.17) is 20.8 Å². The van der Waals surface area contributed by atoms with Gasteiger partial charge in [0.1, 0.15) is 18.1 Å². The van der Waals surface area contributed by atoms with Gasteiger partial charge in [0.2, 0.25) is 0 Å². The molecule has 160 valence electrons. The molecule has 0 spiro atoms. The summed E-state index contributed by atoms with van der Waals surface area (Å²) in [7, 11) is 0. The lowest BCUT2D eigenvalue weighted by molar-refractivity contribution is 0.0992. The van der Waals surface area contributed by atoms with Gasteiger partial charge in [-0.1, -0.05) is 23.7 Å². The van der Waals surface area contributed by atoms with Gasteiger partial charge in [-0.2, -0.15) is 10.2 Å². The second-order valence-corrected chi connectivity index (χ2v) is 7.34. The lowest BCUT2D eigenvalue weighted by atomic mass is 10.2. The first-order valence-corrected chi connectivity index (χ1v) is 10.2. The van der Waals surface area contributed by atoms with Crippen molar-refractivity contribution in [3.05, 3.63) is 82.8 Å². The zero-order valence-corrected chi connectivity index (χ0v) is 18.0. The third-order valence-electron chi connectivity index (χ3n) is 4.82. The minimum atomic E-state index is -0.362. The van der Waals surface area contributed by atoms with Crippen LogP contribution in [0.2, 0.25) is 5.02 Å². The van der Waals surface area contributed by atoms with Crippen LogP contribution in [-0.4, -0.2) is 25.5 Å². The van der Waals surface area contributed by atoms with Gasteiger partial charge in [-0.25, -0.2) is 0 Å². The van der Waals surface area contributed by atoms with Crippen molar-refractivity contribution in [2.45, 2.75) is 33.5 Å². The van der Waals surface area contributed by atoms with E-state index in [0.717, 1.165) is 17.8 Å². The summed E-state index contributed by atoms with van der Waals surface area (Å²) in [6, 6.07) is 10.5. The van der Waals surface area contributed by atoms with E-state index in [0.29, 0.717) is 28.8 Å². The summed E-state index contributed by atoms with van der Waals surface area (Å²) in [4.78, 5) is 12.5. The number of ether oxygens (including phenoxy) is 1. The van der Waals surface area contributed by atoms with Crippen LogP contribution in [0, 0.1) is 6.92 Å². The van der Waals surface area contributed by atoms with Crippen molar-refractivity contribution < 1.29 is 13.9 Å². The Balaban J connectivity index is 1.34. The number of anilines is 1. The summed E-state index contributed by atoms with van der Waals surface area (Å²) < 4.78 is 14.9. The highest BCUT2D eigenvalue weighted by Gasteiger charge is 2.14. The standard InChI is InChI=1S/C22H22ClN5O3/c1-3-28-15(2)16(10-25-28)12-27-13-17(11-24-27)26-22(29)21-9-8-18(31-21)14-30-20-7-5-4-6-19(20)23/h4-11,13H,3,12,14H2,1-2H3,(H,26,29). The van der Waals surface area contributed by atoms with Crippen molar-refractivity contribution in [2.75, 3.05) is 5.32 Å². The van der Waals surface area contributed by atoms with Crippen molar-refractivity contribution >= 4 is 23.2 Å². The number of aryl methyl sites for hydroxylation is 1. The van der Waals surface area contributed by atoms with Crippen LogP contribution in [0.4, 0.5) is 5.69 Å². The molecule has 0 aliphatic heterocycles. The molecular weight excluding hydrogens is 418 g/mol. The summed E-state index contributed by atoms with van der Waals surface area (Å²) in [6.45, 7) is 5.64. The van der Waals surface area contributed by atoms with Gasteiger partial charge in [-0.05, 0) is 38.1 Å². The Morgan fingerprint density at radius 2 is 2.03 bits per heavy atom. The number of nitrogens with zero attached hydrogens (tertiary/aromatic N) is 4. The summed E-state index contributed by atoms with van der Waals surface area (Å²) in [5, 5.41) is 12.0. The van der Waals surface area contributed by atoms with Crippen molar-refractivity contribution in [3.63, 3.8) is 0 Å². The quantitative estimate of drug-likeness (QED) is 0.435. The van der Waals surface area contributed by atoms with Gasteiger partial charge in [-0.15, -0.1) is 0 Å². The maximum atomic E-state index is 12.5. The minimum absolute atomic E-state index is 0.166. The minimum Gasteiger partial charge on any atom is -0.484 e. The van der Waals surface area contributed by atoms with Gasteiger partial charge < -0.3 is 14.5 Å². The summed E-state index contributed by atoms with van der Waals surface area (Å²) in [5.74, 6) is 0.895. The second kappa shape index (κ2) is 9.09. The van der Waals surface area contributed by atoms with Crippen LogP contribution in [0.15, 0.2) is 59.4 Å². The van der Waals surface area contributed by atoms with Crippen LogP contribution in [0.5, 0.6) is 5.75 Å². The number of nitrogens with one attached hydrogen (secondary N) is 1. The van der Waals surface area contributed by atoms with Crippen LogP contribution in [-0.2, 0) is 19.7 Å². The fourth-order valence-electron chi connectivity index (χ4n) is 3.13. The number of carbonyl (C=O) groups excluding carboxylic acids is 1. The largest absolute Gasteiger partial charge is 0.484 e. The van der Waals surface area contributed by atoms with Gasteiger partial charge >= 0.3 is 0 Å². The van der Waals surface area contributed by atoms with E-state index >= 15 is 0 Å². The number of furan rings is 1. The maximum Gasteiger partial charge on any atom is 0.291 e. The molecule has 4 aromatic rings. The van der Waals surface area contributed by atoms with Crippen LogP contribution in [0.1, 0.15) is 34.5 Å². The molecule has 0 aliphatic rings. The number of rotatable bonds is 8. The molecule has 4 rings (SSSR count). The lowest BCUT2D eigenvalue weighted by Crippen LogP contribution is -2.10. The lowest BCUT2D eigenvalue weighted by Gasteiger charge is -2.05. The van der Waals surface area contributed by atoms with Crippen molar-refractivity contribution in [1.29, 1.82) is 0 Å². The Hall–Kier alpha value is -3.52. The molecule has 0 fully saturated rings. The first-order valence-electron chi connectivity index (χ1n) is 9.84. The first-order chi connectivity index (χ1) is 15.0. The summed E-state index contributed by atoms with van der Waals surface area (Å²) >= 11 is 6.07. The van der Waals surface area contributed by atoms with Crippen LogP contribution in [0.25, 0.3) is 0 Å². The van der Waals surface area contributed by atoms with E-state index in [1.807, 2.05) is 36.9 Å². The van der Waals surface area contributed by atoms with Crippen LogP contribution < -0.4 is 10.1 Å². The molecule has 3 aromatic heterocycles. The third-order valence-corrected chi connectivity index (χ3v) is 5.13. The average Bonchev–Trinajstić information content (AvgIpc) is 3.49. The van der Waals surface area contributed by atoms with E-state index in [2.05, 4.69) is 15.5 Å². The monoisotopic (exact) mass is 439 g/mol. The maximum absolute atomic E-state index is 12.5. The number of halogens is 1. The molecule has 1 aromatic carbocycles. The number of hydrogen-bond donors (Lipinski definition) is 1. The number of benzene rings is 1. The SMILES string of the molecule is CCn1ncc(Cn2cc(NC(=O)c3ccc(COc4ccccc4Cl)o3)cn2)c1C. The van der Waals surface area contributed by atoms with Crippen molar-refractivity contribution in [2.24, 2.45) is 0 Å². The van der Waals surface area contributed by atoms with Crippen LogP contribution in [0.3, 0.4) is 0 Å². The van der Waals surface area contributed by atoms with E-state index in [1.165, 1.54) is 0 Å².